The summed E-state index contributed by atoms with van der Waals surface area (Å²) in [5.41, 5.74) is 8.08. The minimum Gasteiger partial charge on any atom is -0.398 e. The van der Waals surface area contributed by atoms with Crippen LogP contribution in [-0.2, 0) is 11.2 Å². The molecular formula is C14H14N2O. The summed E-state index contributed by atoms with van der Waals surface area (Å²) >= 11 is 0. The number of carbonyl (C=O) groups excluding carboxylic acids is 1. The molecule has 3 heteroatoms. The summed E-state index contributed by atoms with van der Waals surface area (Å²) in [6.07, 6.45) is 0.293. The number of benzene rings is 2. The SMILES string of the molecule is Nc1ccccc1CC(=O)Nc1ccccc1. The predicted octanol–water partition coefficient (Wildman–Crippen LogP) is 2.45. The van der Waals surface area contributed by atoms with Crippen LogP contribution < -0.4 is 11.1 Å². The standard InChI is InChI=1S/C14H14N2O/c15-13-9-5-4-6-11(13)10-14(17)16-12-7-2-1-3-8-12/h1-9H,10,15H2,(H,16,17). The van der Waals surface area contributed by atoms with E-state index in [1.807, 2.05) is 48.5 Å². The van der Waals surface area contributed by atoms with Gasteiger partial charge in [-0.2, -0.15) is 0 Å². The maximum atomic E-state index is 11.8. The fourth-order valence-corrected chi connectivity index (χ4v) is 1.59. The number of amides is 1. The van der Waals surface area contributed by atoms with Gasteiger partial charge in [0.15, 0.2) is 0 Å². The summed E-state index contributed by atoms with van der Waals surface area (Å²) in [5, 5.41) is 2.82. The number of nitrogens with two attached hydrogens (primary N) is 1. The second kappa shape index (κ2) is 5.16. The van der Waals surface area contributed by atoms with Gasteiger partial charge in [0.2, 0.25) is 5.91 Å². The van der Waals surface area contributed by atoms with Crippen LogP contribution in [0.3, 0.4) is 0 Å². The van der Waals surface area contributed by atoms with E-state index in [1.165, 1.54) is 0 Å². The number of hydrogen-bond donors (Lipinski definition) is 2. The molecule has 17 heavy (non-hydrogen) atoms. The average Bonchev–Trinajstić information content (AvgIpc) is 2.33. The summed E-state index contributed by atoms with van der Waals surface area (Å²) in [6, 6.07) is 16.8. The Hall–Kier alpha value is -2.29. The van der Waals surface area contributed by atoms with Crippen molar-refractivity contribution in [1.29, 1.82) is 0 Å². The highest BCUT2D eigenvalue weighted by Crippen LogP contribution is 2.12. The molecule has 0 aliphatic heterocycles. The molecule has 0 radical (unpaired) electrons. The van der Waals surface area contributed by atoms with E-state index in [2.05, 4.69) is 5.32 Å². The van der Waals surface area contributed by atoms with Crippen molar-refractivity contribution in [2.75, 3.05) is 11.1 Å². The molecule has 0 atom stereocenters. The smallest absolute Gasteiger partial charge is 0.228 e. The Kier molecular flexibility index (Phi) is 3.40. The van der Waals surface area contributed by atoms with Crippen LogP contribution in [0, 0.1) is 0 Å². The molecule has 0 aromatic heterocycles. The molecule has 2 aromatic carbocycles. The largest absolute Gasteiger partial charge is 0.398 e. The molecule has 0 fully saturated rings. The molecule has 3 nitrogen and oxygen atoms in total. The third-order valence-corrected chi connectivity index (χ3v) is 2.46. The van der Waals surface area contributed by atoms with Crippen molar-refractivity contribution in [2.45, 2.75) is 6.42 Å². The number of rotatable bonds is 3. The molecule has 2 rings (SSSR count). The predicted molar refractivity (Wildman–Crippen MR) is 69.6 cm³/mol. The quantitative estimate of drug-likeness (QED) is 0.790. The number of hydrogen-bond acceptors (Lipinski definition) is 2. The van der Waals surface area contributed by atoms with Gasteiger partial charge in [-0.15, -0.1) is 0 Å². The van der Waals surface area contributed by atoms with E-state index in [9.17, 15) is 4.79 Å². The fraction of sp³-hybridized carbons (Fsp3) is 0.0714. The van der Waals surface area contributed by atoms with E-state index < -0.39 is 0 Å². The highest BCUT2D eigenvalue weighted by molar-refractivity contribution is 5.92. The Morgan fingerprint density at radius 3 is 2.35 bits per heavy atom. The fourth-order valence-electron chi connectivity index (χ4n) is 1.59. The molecule has 86 valence electrons. The molecule has 0 spiro atoms. The van der Waals surface area contributed by atoms with E-state index in [4.69, 9.17) is 5.73 Å². The number of para-hydroxylation sites is 2. The van der Waals surface area contributed by atoms with Crippen LogP contribution in [0.1, 0.15) is 5.56 Å². The lowest BCUT2D eigenvalue weighted by Gasteiger charge is -2.06. The van der Waals surface area contributed by atoms with Crippen LogP contribution in [0.5, 0.6) is 0 Å². The van der Waals surface area contributed by atoms with Crippen LogP contribution >= 0.6 is 0 Å². The van der Waals surface area contributed by atoms with Crippen molar-refractivity contribution in [2.24, 2.45) is 0 Å². The van der Waals surface area contributed by atoms with E-state index in [1.54, 1.807) is 6.07 Å². The van der Waals surface area contributed by atoms with Crippen LogP contribution in [0.2, 0.25) is 0 Å². The van der Waals surface area contributed by atoms with Crippen LogP contribution in [0.4, 0.5) is 11.4 Å². The van der Waals surface area contributed by atoms with Gasteiger partial charge in [0.05, 0.1) is 6.42 Å². The average molecular weight is 226 g/mol. The Bertz CT molecular complexity index is 509. The van der Waals surface area contributed by atoms with Crippen molar-refractivity contribution < 1.29 is 4.79 Å². The number of carbonyl (C=O) groups is 1. The zero-order chi connectivity index (χ0) is 12.1. The zero-order valence-electron chi connectivity index (χ0n) is 9.39. The molecule has 0 saturated carbocycles. The molecule has 3 N–H and O–H groups in total. The molecule has 0 bridgehead atoms. The van der Waals surface area contributed by atoms with Crippen molar-refractivity contribution in [3.05, 3.63) is 60.2 Å². The first-order chi connectivity index (χ1) is 8.25. The maximum absolute atomic E-state index is 11.8. The van der Waals surface area contributed by atoms with E-state index in [0.29, 0.717) is 12.1 Å². The summed E-state index contributed by atoms with van der Waals surface area (Å²) < 4.78 is 0. The third kappa shape index (κ3) is 3.08. The van der Waals surface area contributed by atoms with Crippen molar-refractivity contribution in [3.63, 3.8) is 0 Å². The van der Waals surface area contributed by atoms with E-state index in [0.717, 1.165) is 11.3 Å². The van der Waals surface area contributed by atoms with Gasteiger partial charge in [-0.3, -0.25) is 4.79 Å². The van der Waals surface area contributed by atoms with Gasteiger partial charge in [0.25, 0.3) is 0 Å². The first kappa shape index (κ1) is 11.2. The van der Waals surface area contributed by atoms with Gasteiger partial charge < -0.3 is 11.1 Å². The van der Waals surface area contributed by atoms with Gasteiger partial charge in [-0.05, 0) is 23.8 Å². The van der Waals surface area contributed by atoms with Crippen LogP contribution in [0.25, 0.3) is 0 Å². The lowest BCUT2D eigenvalue weighted by Crippen LogP contribution is -2.15. The van der Waals surface area contributed by atoms with Crippen molar-refractivity contribution in [3.8, 4) is 0 Å². The highest BCUT2D eigenvalue weighted by Gasteiger charge is 2.05. The lowest BCUT2D eigenvalue weighted by atomic mass is 10.1. The topological polar surface area (TPSA) is 55.1 Å². The van der Waals surface area contributed by atoms with Gasteiger partial charge >= 0.3 is 0 Å². The first-order valence-electron chi connectivity index (χ1n) is 5.44. The number of anilines is 2. The van der Waals surface area contributed by atoms with Gasteiger partial charge in [0, 0.05) is 11.4 Å². The second-order valence-electron chi connectivity index (χ2n) is 3.79. The number of nitrogen functional groups attached to an aromatic ring is 1. The maximum Gasteiger partial charge on any atom is 0.228 e. The Labute approximate surface area is 100 Å². The summed E-state index contributed by atoms with van der Waals surface area (Å²) in [6.45, 7) is 0. The van der Waals surface area contributed by atoms with Gasteiger partial charge in [-0.1, -0.05) is 36.4 Å². The summed E-state index contributed by atoms with van der Waals surface area (Å²) in [7, 11) is 0. The molecule has 0 aliphatic rings. The van der Waals surface area contributed by atoms with Gasteiger partial charge in [0.1, 0.15) is 0 Å². The highest BCUT2D eigenvalue weighted by atomic mass is 16.1. The Balaban J connectivity index is 2.01. The van der Waals surface area contributed by atoms with Crippen LogP contribution in [-0.4, -0.2) is 5.91 Å². The monoisotopic (exact) mass is 226 g/mol. The summed E-state index contributed by atoms with van der Waals surface area (Å²) in [5.74, 6) is -0.0610. The molecule has 1 amide bonds. The van der Waals surface area contributed by atoms with Crippen molar-refractivity contribution >= 4 is 17.3 Å². The van der Waals surface area contributed by atoms with Crippen molar-refractivity contribution in [1.82, 2.24) is 0 Å². The van der Waals surface area contributed by atoms with Crippen LogP contribution in [0.15, 0.2) is 54.6 Å². The molecule has 2 aromatic rings. The number of nitrogens with one attached hydrogen (secondary N) is 1. The van der Waals surface area contributed by atoms with E-state index >= 15 is 0 Å². The Morgan fingerprint density at radius 1 is 1.00 bits per heavy atom. The minimum atomic E-state index is -0.0610. The molecule has 0 saturated heterocycles. The summed E-state index contributed by atoms with van der Waals surface area (Å²) in [4.78, 5) is 11.8. The van der Waals surface area contributed by atoms with Gasteiger partial charge in [-0.25, -0.2) is 0 Å². The lowest BCUT2D eigenvalue weighted by molar-refractivity contribution is -0.115. The molecule has 0 unspecified atom stereocenters. The Morgan fingerprint density at radius 2 is 1.65 bits per heavy atom. The normalized spacial score (nSPS) is 9.88. The third-order valence-electron chi connectivity index (χ3n) is 2.46. The molecular weight excluding hydrogens is 212 g/mol. The zero-order valence-corrected chi connectivity index (χ0v) is 9.39. The van der Waals surface area contributed by atoms with E-state index in [-0.39, 0.29) is 5.91 Å². The molecule has 0 aliphatic carbocycles. The second-order valence-corrected chi connectivity index (χ2v) is 3.79. The minimum absolute atomic E-state index is 0.0610. The molecule has 0 heterocycles. The first-order valence-corrected chi connectivity index (χ1v) is 5.44.